The fourth-order valence-corrected chi connectivity index (χ4v) is 4.41. The molecule has 0 aliphatic carbocycles. The Morgan fingerprint density at radius 1 is 1.16 bits per heavy atom. The Morgan fingerprint density at radius 2 is 1.95 bits per heavy atom. The Hall–Kier alpha value is -3.47. The molecule has 196 valence electrons. The lowest BCUT2D eigenvalue weighted by atomic mass is 10.1. The molecule has 4 aromatic rings. The lowest BCUT2D eigenvalue weighted by Crippen LogP contribution is -2.22. The molecule has 1 heterocycles. The fraction of sp³-hybridized carbons (Fsp3) is 0.192. The van der Waals surface area contributed by atoms with Crippen LogP contribution in [0.1, 0.15) is 30.3 Å². The van der Waals surface area contributed by atoms with E-state index in [0.717, 1.165) is 10.9 Å². The van der Waals surface area contributed by atoms with Crippen LogP contribution in [0.4, 0.5) is 5.69 Å². The van der Waals surface area contributed by atoms with Crippen LogP contribution in [0.2, 0.25) is 10.0 Å². The summed E-state index contributed by atoms with van der Waals surface area (Å²) in [6.07, 6.45) is 2.61. The van der Waals surface area contributed by atoms with E-state index in [1.807, 2.05) is 13.0 Å². The number of benzene rings is 3. The van der Waals surface area contributed by atoms with Gasteiger partial charge in [-0.2, -0.15) is 9.78 Å². The number of fused-ring (bicyclic) bond motifs is 1. The van der Waals surface area contributed by atoms with Gasteiger partial charge in [-0.3, -0.25) is 14.9 Å². The molecule has 12 heteroatoms. The first kappa shape index (κ1) is 27.6. The average Bonchev–Trinajstić information content (AvgIpc) is 2.89. The highest BCUT2D eigenvalue weighted by Crippen LogP contribution is 2.38. The van der Waals surface area contributed by atoms with Gasteiger partial charge in [-0.15, -0.1) is 0 Å². The van der Waals surface area contributed by atoms with Gasteiger partial charge in [0.15, 0.2) is 5.75 Å². The third-order valence-corrected chi connectivity index (χ3v) is 6.74. The van der Waals surface area contributed by atoms with Crippen molar-refractivity contribution in [3.63, 3.8) is 0 Å². The summed E-state index contributed by atoms with van der Waals surface area (Å²) in [5, 5.41) is 17.4. The van der Waals surface area contributed by atoms with Gasteiger partial charge < -0.3 is 9.47 Å². The van der Waals surface area contributed by atoms with Gasteiger partial charge in [0, 0.05) is 22.5 Å². The molecule has 9 nitrogen and oxygen atoms in total. The fourth-order valence-electron chi connectivity index (χ4n) is 3.72. The molecule has 0 radical (unpaired) electrons. The van der Waals surface area contributed by atoms with Gasteiger partial charge in [0.1, 0.15) is 12.4 Å². The average molecular weight is 620 g/mol. The van der Waals surface area contributed by atoms with Crippen molar-refractivity contribution < 1.29 is 14.4 Å². The standard InChI is InChI=1S/C26H21BrCl2N4O5/c1-3-4-24-31-21-8-6-17(27)12-18(21)26(34)32(24)30-13-16-10-22(33(35)36)25(23(11-16)37-2)38-14-15-5-7-19(28)20(29)9-15/h5-13H,3-4,14H2,1-2H3. The van der Waals surface area contributed by atoms with Crippen molar-refractivity contribution in [3.8, 4) is 11.5 Å². The summed E-state index contributed by atoms with van der Waals surface area (Å²) in [4.78, 5) is 29.2. The number of hydrogen-bond donors (Lipinski definition) is 0. The van der Waals surface area contributed by atoms with E-state index in [1.165, 1.54) is 30.1 Å². The van der Waals surface area contributed by atoms with E-state index in [4.69, 9.17) is 32.7 Å². The third-order valence-electron chi connectivity index (χ3n) is 5.51. The maximum atomic E-state index is 13.2. The number of nitro benzene ring substituents is 1. The van der Waals surface area contributed by atoms with Crippen molar-refractivity contribution in [3.05, 3.63) is 100 Å². The number of halogens is 3. The molecule has 0 amide bonds. The number of nitrogens with zero attached hydrogens (tertiary/aromatic N) is 4. The molecule has 0 saturated heterocycles. The second kappa shape index (κ2) is 11.9. The van der Waals surface area contributed by atoms with E-state index in [1.54, 1.807) is 30.3 Å². The van der Waals surface area contributed by atoms with Crippen molar-refractivity contribution in [1.82, 2.24) is 9.66 Å². The molecule has 0 atom stereocenters. The first-order valence-electron chi connectivity index (χ1n) is 11.4. The summed E-state index contributed by atoms with van der Waals surface area (Å²) in [6, 6.07) is 13.0. The zero-order valence-electron chi connectivity index (χ0n) is 20.3. The van der Waals surface area contributed by atoms with Crippen LogP contribution in [0.25, 0.3) is 10.9 Å². The summed E-state index contributed by atoms with van der Waals surface area (Å²) in [5.41, 5.74) is 0.888. The quantitative estimate of drug-likeness (QED) is 0.116. The Balaban J connectivity index is 1.73. The number of methoxy groups -OCH3 is 1. The lowest BCUT2D eigenvalue weighted by Gasteiger charge is -2.12. The molecule has 0 bridgehead atoms. The minimum atomic E-state index is -0.576. The highest BCUT2D eigenvalue weighted by molar-refractivity contribution is 9.10. The van der Waals surface area contributed by atoms with E-state index < -0.39 is 4.92 Å². The van der Waals surface area contributed by atoms with Crippen LogP contribution in [-0.4, -0.2) is 27.9 Å². The number of aryl methyl sites for hydroxylation is 1. The van der Waals surface area contributed by atoms with Gasteiger partial charge in [-0.25, -0.2) is 4.98 Å². The molecular weight excluding hydrogens is 599 g/mol. The lowest BCUT2D eigenvalue weighted by molar-refractivity contribution is -0.386. The second-order valence-electron chi connectivity index (χ2n) is 8.17. The molecule has 0 aliphatic heterocycles. The Bertz CT molecular complexity index is 1620. The predicted octanol–water partition coefficient (Wildman–Crippen LogP) is 6.80. The second-order valence-corrected chi connectivity index (χ2v) is 9.90. The topological polar surface area (TPSA) is 109 Å². The van der Waals surface area contributed by atoms with Gasteiger partial charge in [0.2, 0.25) is 5.75 Å². The smallest absolute Gasteiger partial charge is 0.315 e. The van der Waals surface area contributed by atoms with Gasteiger partial charge >= 0.3 is 5.69 Å². The highest BCUT2D eigenvalue weighted by Gasteiger charge is 2.22. The largest absolute Gasteiger partial charge is 0.493 e. The minimum absolute atomic E-state index is 0.00435. The van der Waals surface area contributed by atoms with E-state index in [0.29, 0.717) is 44.3 Å². The van der Waals surface area contributed by atoms with Crippen LogP contribution in [0.5, 0.6) is 11.5 Å². The normalized spacial score (nSPS) is 11.3. The first-order chi connectivity index (χ1) is 18.2. The number of hydrogen-bond acceptors (Lipinski definition) is 7. The summed E-state index contributed by atoms with van der Waals surface area (Å²) < 4.78 is 13.1. The summed E-state index contributed by atoms with van der Waals surface area (Å²) in [5.74, 6) is 0.552. The van der Waals surface area contributed by atoms with Crippen molar-refractivity contribution in [2.24, 2.45) is 5.10 Å². The SMILES string of the molecule is CCCc1nc2ccc(Br)cc2c(=O)n1N=Cc1cc(OC)c(OCc2ccc(Cl)c(Cl)c2)c([N+](=O)[O-])c1. The van der Waals surface area contributed by atoms with Gasteiger partial charge in [-0.1, -0.05) is 52.1 Å². The molecule has 0 spiro atoms. The summed E-state index contributed by atoms with van der Waals surface area (Å²) in [6.45, 7) is 1.96. The van der Waals surface area contributed by atoms with Crippen molar-refractivity contribution in [1.29, 1.82) is 0 Å². The number of ether oxygens (including phenoxy) is 2. The Morgan fingerprint density at radius 3 is 2.63 bits per heavy atom. The van der Waals surface area contributed by atoms with Crippen LogP contribution in [0, 0.1) is 10.1 Å². The number of rotatable bonds is 9. The Labute approximate surface area is 235 Å². The molecule has 0 saturated carbocycles. The van der Waals surface area contributed by atoms with E-state index >= 15 is 0 Å². The Kier molecular flexibility index (Phi) is 8.65. The monoisotopic (exact) mass is 618 g/mol. The van der Waals surface area contributed by atoms with Crippen LogP contribution in [0.15, 0.2) is 62.9 Å². The zero-order chi connectivity index (χ0) is 27.4. The molecule has 0 aliphatic rings. The maximum Gasteiger partial charge on any atom is 0.315 e. The van der Waals surface area contributed by atoms with Crippen LogP contribution in [0.3, 0.4) is 0 Å². The van der Waals surface area contributed by atoms with Crippen LogP contribution < -0.4 is 15.0 Å². The number of aromatic nitrogens is 2. The highest BCUT2D eigenvalue weighted by atomic mass is 79.9. The maximum absolute atomic E-state index is 13.2. The van der Waals surface area contributed by atoms with Gasteiger partial charge in [-0.05, 0) is 48.4 Å². The van der Waals surface area contributed by atoms with E-state index in [-0.39, 0.29) is 29.4 Å². The van der Waals surface area contributed by atoms with Crippen LogP contribution in [-0.2, 0) is 13.0 Å². The molecule has 0 fully saturated rings. The summed E-state index contributed by atoms with van der Waals surface area (Å²) >= 11 is 15.4. The van der Waals surface area contributed by atoms with E-state index in [2.05, 4.69) is 26.0 Å². The molecule has 0 N–H and O–H groups in total. The molecular formula is C26H21BrCl2N4O5. The van der Waals surface area contributed by atoms with Crippen LogP contribution >= 0.6 is 39.1 Å². The summed E-state index contributed by atoms with van der Waals surface area (Å²) in [7, 11) is 1.38. The first-order valence-corrected chi connectivity index (χ1v) is 13.0. The van der Waals surface area contributed by atoms with Crippen molar-refractivity contribution in [2.45, 2.75) is 26.4 Å². The van der Waals surface area contributed by atoms with Gasteiger partial charge in [0.05, 0.1) is 39.2 Å². The molecule has 38 heavy (non-hydrogen) atoms. The molecule has 3 aromatic carbocycles. The molecule has 4 rings (SSSR count). The molecule has 0 unspecified atom stereocenters. The van der Waals surface area contributed by atoms with E-state index in [9.17, 15) is 14.9 Å². The third kappa shape index (κ3) is 5.98. The predicted molar refractivity (Wildman–Crippen MR) is 151 cm³/mol. The minimum Gasteiger partial charge on any atom is -0.493 e. The van der Waals surface area contributed by atoms with Crippen molar-refractivity contribution >= 4 is 61.9 Å². The van der Waals surface area contributed by atoms with Crippen molar-refractivity contribution in [2.75, 3.05) is 7.11 Å². The van der Waals surface area contributed by atoms with Gasteiger partial charge in [0.25, 0.3) is 5.56 Å². The number of nitro groups is 1. The zero-order valence-corrected chi connectivity index (χ0v) is 23.4. The molecule has 1 aromatic heterocycles.